The Hall–Kier alpha value is -2.23. The minimum atomic E-state index is -0.785. The lowest BCUT2D eigenvalue weighted by atomic mass is 9.95. The van der Waals surface area contributed by atoms with Gasteiger partial charge in [0.15, 0.2) is 11.6 Å². The minimum absolute atomic E-state index is 0.0687. The number of allylic oxidation sites excluding steroid dienone is 2. The molecule has 1 aliphatic carbocycles. The second-order valence-corrected chi connectivity index (χ2v) is 6.23. The summed E-state index contributed by atoms with van der Waals surface area (Å²) in [5, 5.41) is 0. The SMILES string of the molecule is CCCCC/C(OC)=C1/C(=O)C(C(C)=O)c2ccc(C(C)=O)cc21. The first-order valence-electron chi connectivity index (χ1n) is 8.39. The van der Waals surface area contributed by atoms with Crippen molar-refractivity contribution < 1.29 is 19.1 Å². The van der Waals surface area contributed by atoms with Crippen LogP contribution in [0, 0.1) is 0 Å². The van der Waals surface area contributed by atoms with E-state index in [-0.39, 0.29) is 17.3 Å². The second-order valence-electron chi connectivity index (χ2n) is 6.23. The van der Waals surface area contributed by atoms with E-state index in [1.807, 2.05) is 0 Å². The fraction of sp³-hybridized carbons (Fsp3) is 0.450. The van der Waals surface area contributed by atoms with Gasteiger partial charge in [-0.15, -0.1) is 0 Å². The molecule has 128 valence electrons. The van der Waals surface area contributed by atoms with Crippen LogP contribution >= 0.6 is 0 Å². The van der Waals surface area contributed by atoms with Gasteiger partial charge >= 0.3 is 0 Å². The van der Waals surface area contributed by atoms with Crippen LogP contribution < -0.4 is 0 Å². The molecule has 0 saturated carbocycles. The molecule has 1 atom stereocenters. The molecule has 0 amide bonds. The van der Waals surface area contributed by atoms with Crippen LogP contribution in [0.25, 0.3) is 5.57 Å². The highest BCUT2D eigenvalue weighted by Crippen LogP contribution is 2.42. The Balaban J connectivity index is 2.60. The van der Waals surface area contributed by atoms with Gasteiger partial charge in [0.05, 0.1) is 12.7 Å². The monoisotopic (exact) mass is 328 g/mol. The maximum Gasteiger partial charge on any atom is 0.181 e. The normalized spacial score (nSPS) is 18.3. The Morgan fingerprint density at radius 2 is 1.88 bits per heavy atom. The molecule has 1 aromatic rings. The van der Waals surface area contributed by atoms with Gasteiger partial charge in [0.2, 0.25) is 0 Å². The first-order valence-corrected chi connectivity index (χ1v) is 8.39. The van der Waals surface area contributed by atoms with Crippen LogP contribution in [0.4, 0.5) is 0 Å². The molecule has 1 aliphatic rings. The lowest BCUT2D eigenvalue weighted by Gasteiger charge is -2.11. The number of benzene rings is 1. The molecule has 0 heterocycles. The van der Waals surface area contributed by atoms with Crippen molar-refractivity contribution in [2.45, 2.75) is 52.4 Å². The average molecular weight is 328 g/mol. The van der Waals surface area contributed by atoms with E-state index in [0.29, 0.717) is 34.4 Å². The van der Waals surface area contributed by atoms with Crippen LogP contribution in [0.15, 0.2) is 24.0 Å². The molecule has 0 spiro atoms. The van der Waals surface area contributed by atoms with Crippen molar-refractivity contribution in [1.29, 1.82) is 0 Å². The Kier molecular flexibility index (Phi) is 5.71. The van der Waals surface area contributed by atoms with Crippen molar-refractivity contribution in [3.8, 4) is 0 Å². The number of methoxy groups -OCH3 is 1. The Morgan fingerprint density at radius 1 is 1.17 bits per heavy atom. The third-order valence-electron chi connectivity index (χ3n) is 4.49. The van der Waals surface area contributed by atoms with Gasteiger partial charge in [0, 0.05) is 12.0 Å². The second kappa shape index (κ2) is 7.56. The summed E-state index contributed by atoms with van der Waals surface area (Å²) in [6.07, 6.45) is 3.69. The number of ether oxygens (including phenoxy) is 1. The van der Waals surface area contributed by atoms with Gasteiger partial charge in [-0.25, -0.2) is 0 Å². The number of fused-ring (bicyclic) bond motifs is 1. The molecule has 0 aromatic heterocycles. The molecule has 4 heteroatoms. The molecule has 0 saturated heterocycles. The lowest BCUT2D eigenvalue weighted by molar-refractivity contribution is -0.124. The molecule has 4 nitrogen and oxygen atoms in total. The number of ketones is 3. The van der Waals surface area contributed by atoms with E-state index in [4.69, 9.17) is 4.74 Å². The van der Waals surface area contributed by atoms with Gasteiger partial charge in [0.25, 0.3) is 0 Å². The zero-order chi connectivity index (χ0) is 17.9. The number of rotatable bonds is 7. The quantitative estimate of drug-likeness (QED) is 0.249. The standard InChI is InChI=1S/C20H24O4/c1-5-6-7-8-17(24-4)19-16-11-14(12(2)21)9-10-15(16)18(13(3)22)20(19)23/h9-11,18H,5-8H2,1-4H3/b19-17-. The summed E-state index contributed by atoms with van der Waals surface area (Å²) in [4.78, 5) is 36.6. The largest absolute Gasteiger partial charge is 0.500 e. The minimum Gasteiger partial charge on any atom is -0.500 e. The molecule has 1 unspecified atom stereocenters. The predicted molar refractivity (Wildman–Crippen MR) is 92.9 cm³/mol. The van der Waals surface area contributed by atoms with Crippen LogP contribution in [-0.4, -0.2) is 24.5 Å². The average Bonchev–Trinajstić information content (AvgIpc) is 2.83. The van der Waals surface area contributed by atoms with Gasteiger partial charge < -0.3 is 4.74 Å². The molecule has 0 fully saturated rings. The fourth-order valence-corrected chi connectivity index (χ4v) is 3.22. The molecule has 0 aliphatic heterocycles. The van der Waals surface area contributed by atoms with Gasteiger partial charge in [0.1, 0.15) is 17.5 Å². The van der Waals surface area contributed by atoms with Gasteiger partial charge in [-0.1, -0.05) is 31.9 Å². The summed E-state index contributed by atoms with van der Waals surface area (Å²) in [6, 6.07) is 5.12. The zero-order valence-corrected chi connectivity index (χ0v) is 14.8. The molecule has 0 bridgehead atoms. The molecule has 0 N–H and O–H groups in total. The first kappa shape index (κ1) is 18.1. The van der Waals surface area contributed by atoms with E-state index < -0.39 is 5.92 Å². The Morgan fingerprint density at radius 3 is 2.42 bits per heavy atom. The van der Waals surface area contributed by atoms with E-state index in [9.17, 15) is 14.4 Å². The van der Waals surface area contributed by atoms with Crippen molar-refractivity contribution in [3.63, 3.8) is 0 Å². The topological polar surface area (TPSA) is 60.4 Å². The molecule has 24 heavy (non-hydrogen) atoms. The van der Waals surface area contributed by atoms with Gasteiger partial charge in [-0.3, -0.25) is 14.4 Å². The summed E-state index contributed by atoms with van der Waals surface area (Å²) in [5.74, 6) is -0.644. The third-order valence-corrected chi connectivity index (χ3v) is 4.49. The van der Waals surface area contributed by atoms with E-state index >= 15 is 0 Å². The maximum atomic E-state index is 12.9. The fourth-order valence-electron chi connectivity index (χ4n) is 3.22. The van der Waals surface area contributed by atoms with Crippen LogP contribution in [0.3, 0.4) is 0 Å². The van der Waals surface area contributed by atoms with Crippen LogP contribution in [0.2, 0.25) is 0 Å². The number of hydrogen-bond donors (Lipinski definition) is 0. The molecule has 1 aromatic carbocycles. The molecular weight excluding hydrogens is 304 g/mol. The summed E-state index contributed by atoms with van der Waals surface area (Å²) in [6.45, 7) is 5.03. The number of carbonyl (C=O) groups is 3. The van der Waals surface area contributed by atoms with Crippen LogP contribution in [-0.2, 0) is 14.3 Å². The highest BCUT2D eigenvalue weighted by Gasteiger charge is 2.40. The summed E-state index contributed by atoms with van der Waals surface area (Å²) in [5.41, 5.74) is 2.35. The number of carbonyl (C=O) groups excluding carboxylic acids is 3. The number of Topliss-reactive ketones (excluding diaryl/α,β-unsaturated/α-hetero) is 3. The van der Waals surface area contributed by atoms with Gasteiger partial charge in [-0.2, -0.15) is 0 Å². The van der Waals surface area contributed by atoms with Gasteiger partial charge in [-0.05, 0) is 37.5 Å². The predicted octanol–water partition coefficient (Wildman–Crippen LogP) is 4.08. The lowest BCUT2D eigenvalue weighted by Crippen LogP contribution is -2.15. The van der Waals surface area contributed by atoms with E-state index in [1.54, 1.807) is 25.3 Å². The first-order chi connectivity index (χ1) is 11.4. The van der Waals surface area contributed by atoms with Crippen molar-refractivity contribution in [1.82, 2.24) is 0 Å². The molecule has 2 rings (SSSR count). The number of unbranched alkanes of at least 4 members (excludes halogenated alkanes) is 2. The van der Waals surface area contributed by atoms with Crippen LogP contribution in [0.1, 0.15) is 73.9 Å². The van der Waals surface area contributed by atoms with Crippen molar-refractivity contribution >= 4 is 22.9 Å². The molecule has 0 radical (unpaired) electrons. The smallest absolute Gasteiger partial charge is 0.181 e. The van der Waals surface area contributed by atoms with Crippen LogP contribution in [0.5, 0.6) is 0 Å². The zero-order valence-electron chi connectivity index (χ0n) is 14.8. The summed E-state index contributed by atoms with van der Waals surface area (Å²) >= 11 is 0. The van der Waals surface area contributed by atoms with Crippen molar-refractivity contribution in [3.05, 3.63) is 40.6 Å². The Labute approximate surface area is 142 Å². The number of hydrogen-bond acceptors (Lipinski definition) is 4. The summed E-state index contributed by atoms with van der Waals surface area (Å²) in [7, 11) is 1.55. The highest BCUT2D eigenvalue weighted by atomic mass is 16.5. The highest BCUT2D eigenvalue weighted by molar-refractivity contribution is 6.34. The maximum absolute atomic E-state index is 12.9. The Bertz CT molecular complexity index is 712. The van der Waals surface area contributed by atoms with Crippen molar-refractivity contribution in [2.75, 3.05) is 7.11 Å². The van der Waals surface area contributed by atoms with E-state index in [2.05, 4.69) is 6.92 Å². The summed E-state index contributed by atoms with van der Waals surface area (Å²) < 4.78 is 5.50. The third kappa shape index (κ3) is 3.32. The van der Waals surface area contributed by atoms with E-state index in [0.717, 1.165) is 19.3 Å². The molecular formula is C20H24O4. The van der Waals surface area contributed by atoms with E-state index in [1.165, 1.54) is 13.8 Å². The van der Waals surface area contributed by atoms with Crippen molar-refractivity contribution in [2.24, 2.45) is 0 Å².